The minimum Gasteiger partial charge on any atom is -0.481 e. The van der Waals surface area contributed by atoms with E-state index < -0.39 is 6.03 Å². The third kappa shape index (κ3) is 5.08. The Bertz CT molecular complexity index is 1170. The van der Waals surface area contributed by atoms with Gasteiger partial charge in [-0.05, 0) is 42.0 Å². The van der Waals surface area contributed by atoms with E-state index in [4.69, 9.17) is 17.0 Å². The normalized spacial score (nSPS) is 12.6. The molecule has 0 unspecified atom stereocenters. The van der Waals surface area contributed by atoms with Gasteiger partial charge in [-0.15, -0.1) is 0 Å². The summed E-state index contributed by atoms with van der Waals surface area (Å²) in [6.45, 7) is -0.166. The number of thiocarbonyl (C=S) groups is 1. The van der Waals surface area contributed by atoms with Crippen molar-refractivity contribution in [1.29, 1.82) is 0 Å². The molecule has 1 aliphatic heterocycles. The molecule has 8 nitrogen and oxygen atoms in total. The number of carbonyl (C=O) groups is 2. The second-order valence-corrected chi connectivity index (χ2v) is 7.12. The average Bonchev–Trinajstić information content (AvgIpc) is 2.80. The zero-order valence-electron chi connectivity index (χ0n) is 16.8. The van der Waals surface area contributed by atoms with E-state index in [9.17, 15) is 9.59 Å². The van der Waals surface area contributed by atoms with Crippen LogP contribution in [-0.2, 0) is 4.79 Å². The summed E-state index contributed by atoms with van der Waals surface area (Å²) in [5.74, 6) is 0.132. The van der Waals surface area contributed by atoms with Crippen LogP contribution in [0.15, 0.2) is 84.0 Å². The van der Waals surface area contributed by atoms with Gasteiger partial charge in [0.1, 0.15) is 5.75 Å². The van der Waals surface area contributed by atoms with E-state index in [0.29, 0.717) is 17.1 Å². The van der Waals surface area contributed by atoms with Crippen molar-refractivity contribution in [2.75, 3.05) is 22.1 Å². The zero-order valence-corrected chi connectivity index (χ0v) is 17.6. The van der Waals surface area contributed by atoms with Crippen molar-refractivity contribution in [1.82, 2.24) is 5.43 Å². The minimum atomic E-state index is -0.512. The summed E-state index contributed by atoms with van der Waals surface area (Å²) in [7, 11) is 0. The van der Waals surface area contributed by atoms with E-state index in [1.165, 1.54) is 4.90 Å². The number of nitrogens with one attached hydrogen (secondary N) is 3. The van der Waals surface area contributed by atoms with Gasteiger partial charge >= 0.3 is 6.03 Å². The number of benzene rings is 3. The molecule has 3 amide bonds. The highest BCUT2D eigenvalue weighted by Crippen LogP contribution is 2.35. The molecule has 3 aromatic carbocycles. The summed E-state index contributed by atoms with van der Waals surface area (Å²) in [6.07, 6.45) is 1.54. The lowest BCUT2D eigenvalue weighted by Crippen LogP contribution is -2.45. The fraction of sp³-hybridized carbons (Fsp3) is 0.0435. The first-order chi connectivity index (χ1) is 15.6. The molecular weight excluding hydrogens is 426 g/mol. The summed E-state index contributed by atoms with van der Waals surface area (Å²) < 4.78 is 5.55. The molecule has 0 saturated carbocycles. The molecule has 0 radical (unpaired) electrons. The molecule has 32 heavy (non-hydrogen) atoms. The van der Waals surface area contributed by atoms with E-state index >= 15 is 0 Å². The third-order valence-electron chi connectivity index (χ3n) is 4.47. The number of rotatable bonds is 4. The molecule has 0 fully saturated rings. The molecule has 0 saturated heterocycles. The van der Waals surface area contributed by atoms with Gasteiger partial charge < -0.3 is 15.4 Å². The first-order valence-corrected chi connectivity index (χ1v) is 10.1. The number of hydrazone groups is 1. The maximum absolute atomic E-state index is 12.5. The number of hydrogen-bond acceptors (Lipinski definition) is 5. The van der Waals surface area contributed by atoms with E-state index in [1.54, 1.807) is 24.4 Å². The summed E-state index contributed by atoms with van der Waals surface area (Å²) in [4.78, 5) is 26.0. The smallest absolute Gasteiger partial charge is 0.339 e. The molecule has 0 aromatic heterocycles. The van der Waals surface area contributed by atoms with Crippen molar-refractivity contribution in [2.45, 2.75) is 0 Å². The first kappa shape index (κ1) is 21.0. The topological polar surface area (TPSA) is 95.1 Å². The van der Waals surface area contributed by atoms with E-state index in [1.807, 2.05) is 60.7 Å². The fourth-order valence-electron chi connectivity index (χ4n) is 3.02. The van der Waals surface area contributed by atoms with Crippen LogP contribution in [0.5, 0.6) is 5.75 Å². The van der Waals surface area contributed by atoms with Crippen LogP contribution in [0.1, 0.15) is 5.56 Å². The summed E-state index contributed by atoms with van der Waals surface area (Å²) in [6, 6.07) is 23.1. The van der Waals surface area contributed by atoms with Gasteiger partial charge in [0.15, 0.2) is 11.7 Å². The Morgan fingerprint density at radius 1 is 0.969 bits per heavy atom. The Morgan fingerprint density at radius 2 is 1.69 bits per heavy atom. The predicted octanol–water partition coefficient (Wildman–Crippen LogP) is 3.96. The molecule has 0 atom stereocenters. The Kier molecular flexibility index (Phi) is 6.38. The first-order valence-electron chi connectivity index (χ1n) is 9.71. The average molecular weight is 446 g/mol. The van der Waals surface area contributed by atoms with Crippen LogP contribution in [0, 0.1) is 0 Å². The van der Waals surface area contributed by atoms with Crippen LogP contribution in [0.3, 0.4) is 0 Å². The van der Waals surface area contributed by atoms with Crippen molar-refractivity contribution in [2.24, 2.45) is 5.10 Å². The van der Waals surface area contributed by atoms with Gasteiger partial charge in [0.25, 0.3) is 5.91 Å². The van der Waals surface area contributed by atoms with Crippen molar-refractivity contribution >= 4 is 52.5 Å². The molecular formula is C23H19N5O3S. The molecule has 3 aromatic rings. The van der Waals surface area contributed by atoms with Gasteiger partial charge in [0.05, 0.1) is 11.9 Å². The lowest BCUT2D eigenvalue weighted by molar-refractivity contribution is -0.120. The van der Waals surface area contributed by atoms with Crippen molar-refractivity contribution in [3.05, 3.63) is 84.4 Å². The molecule has 4 rings (SSSR count). The van der Waals surface area contributed by atoms with Crippen LogP contribution >= 0.6 is 12.2 Å². The fourth-order valence-corrected chi connectivity index (χ4v) is 3.34. The highest BCUT2D eigenvalue weighted by molar-refractivity contribution is 7.80. The van der Waals surface area contributed by atoms with Gasteiger partial charge in [-0.25, -0.2) is 10.2 Å². The van der Waals surface area contributed by atoms with Gasteiger partial charge in [-0.1, -0.05) is 48.5 Å². The number of fused-ring (bicyclic) bond motifs is 1. The van der Waals surface area contributed by atoms with Crippen molar-refractivity contribution in [3.63, 3.8) is 0 Å². The van der Waals surface area contributed by atoms with E-state index in [2.05, 4.69) is 21.2 Å². The number of amides is 3. The van der Waals surface area contributed by atoms with E-state index in [0.717, 1.165) is 11.3 Å². The van der Waals surface area contributed by atoms with Gasteiger partial charge in [-0.2, -0.15) is 5.10 Å². The van der Waals surface area contributed by atoms with Crippen LogP contribution in [0.4, 0.5) is 21.9 Å². The number of carbonyl (C=O) groups excluding carboxylic acids is 2. The third-order valence-corrected chi connectivity index (χ3v) is 4.75. The Balaban J connectivity index is 1.43. The van der Waals surface area contributed by atoms with Crippen LogP contribution in [-0.4, -0.2) is 29.9 Å². The molecule has 160 valence electrons. The quantitative estimate of drug-likeness (QED) is 0.321. The Morgan fingerprint density at radius 3 is 2.44 bits per heavy atom. The lowest BCUT2D eigenvalue weighted by atomic mass is 10.2. The summed E-state index contributed by atoms with van der Waals surface area (Å²) >= 11 is 5.44. The molecule has 3 N–H and O–H groups in total. The zero-order chi connectivity index (χ0) is 22.3. The largest absolute Gasteiger partial charge is 0.481 e. The van der Waals surface area contributed by atoms with Crippen LogP contribution < -0.4 is 25.7 Å². The second kappa shape index (κ2) is 9.71. The highest BCUT2D eigenvalue weighted by Gasteiger charge is 2.29. The Labute approximate surface area is 189 Å². The number of para-hydroxylation sites is 1. The molecule has 9 heteroatoms. The number of nitrogens with zero attached hydrogens (tertiary/aromatic N) is 2. The maximum atomic E-state index is 12.5. The molecule has 1 heterocycles. The number of ether oxygens (including phenoxy) is 1. The minimum absolute atomic E-state index is 0.166. The summed E-state index contributed by atoms with van der Waals surface area (Å²) in [5, 5.41) is 9.88. The van der Waals surface area contributed by atoms with Crippen LogP contribution in [0.25, 0.3) is 0 Å². The standard InChI is InChI=1S/C23H19N5O3S/c29-21-15-31-20-13-18(25-22(30)27-24-14-16-7-3-1-4-8-16)11-12-19(20)28(21)23(32)26-17-9-5-2-6-10-17/h1-14H,15H2,(H,26,32)(H2,25,27,30)/b24-14+. The SMILES string of the molecule is O=C(N/N=C/c1ccccc1)Nc1ccc2c(c1)OCC(=O)N2C(=S)Nc1ccccc1. The highest BCUT2D eigenvalue weighted by atomic mass is 32.1. The second-order valence-electron chi connectivity index (χ2n) is 6.73. The Hall–Kier alpha value is -4.24. The monoisotopic (exact) mass is 445 g/mol. The predicted molar refractivity (Wildman–Crippen MR) is 128 cm³/mol. The van der Waals surface area contributed by atoms with Crippen molar-refractivity contribution in [3.8, 4) is 5.75 Å². The summed E-state index contributed by atoms with van der Waals surface area (Å²) in [5.41, 5.74) is 5.00. The van der Waals surface area contributed by atoms with Gasteiger partial charge in [0, 0.05) is 17.4 Å². The molecule has 0 aliphatic carbocycles. The molecule has 1 aliphatic rings. The number of hydrogen-bond donors (Lipinski definition) is 3. The van der Waals surface area contributed by atoms with Crippen molar-refractivity contribution < 1.29 is 14.3 Å². The molecule has 0 spiro atoms. The maximum Gasteiger partial charge on any atom is 0.339 e. The van der Waals surface area contributed by atoms with Gasteiger partial charge in [-0.3, -0.25) is 9.69 Å². The van der Waals surface area contributed by atoms with E-state index in [-0.39, 0.29) is 17.6 Å². The number of anilines is 3. The van der Waals surface area contributed by atoms with Gasteiger partial charge in [0.2, 0.25) is 0 Å². The molecule has 0 bridgehead atoms. The number of urea groups is 1. The lowest BCUT2D eigenvalue weighted by Gasteiger charge is -2.30. The van der Waals surface area contributed by atoms with Crippen LogP contribution in [0.2, 0.25) is 0 Å².